The highest BCUT2D eigenvalue weighted by atomic mass is 32.2. The number of rotatable bonds is 5. The van der Waals surface area contributed by atoms with Crippen molar-refractivity contribution in [3.8, 4) is 0 Å². The van der Waals surface area contributed by atoms with Gasteiger partial charge in [-0.05, 0) is 48.1 Å². The third-order valence-corrected chi connectivity index (χ3v) is 5.11. The Morgan fingerprint density at radius 3 is 2.70 bits per heavy atom. The summed E-state index contributed by atoms with van der Waals surface area (Å²) < 4.78 is 1.84. The average Bonchev–Trinajstić information content (AvgIpc) is 3.07. The molecule has 0 unspecified atom stereocenters. The second kappa shape index (κ2) is 7.19. The molecule has 1 saturated heterocycles. The number of nitrogens with one attached hydrogen (secondary N) is 1. The molecule has 1 aliphatic rings. The van der Waals surface area contributed by atoms with E-state index in [-0.39, 0.29) is 5.91 Å². The molecule has 5 nitrogen and oxygen atoms in total. The smallest absolute Gasteiger partial charge is 0.251 e. The highest BCUT2D eigenvalue weighted by Gasteiger charge is 2.29. The van der Waals surface area contributed by atoms with E-state index in [4.69, 9.17) is 0 Å². The Hall–Kier alpha value is -1.79. The highest BCUT2D eigenvalue weighted by Crippen LogP contribution is 2.26. The molecule has 23 heavy (non-hydrogen) atoms. The van der Waals surface area contributed by atoms with Gasteiger partial charge < -0.3 is 10.4 Å². The molecule has 2 heterocycles. The van der Waals surface area contributed by atoms with Gasteiger partial charge in [-0.1, -0.05) is 12.1 Å². The van der Waals surface area contributed by atoms with Gasteiger partial charge in [0.05, 0.1) is 12.1 Å². The number of carbonyl (C=O) groups excluding carboxylic acids is 1. The zero-order chi connectivity index (χ0) is 16.1. The Morgan fingerprint density at radius 1 is 1.30 bits per heavy atom. The molecule has 0 saturated carbocycles. The van der Waals surface area contributed by atoms with Crippen molar-refractivity contribution in [3.05, 3.63) is 53.9 Å². The predicted molar refractivity (Wildman–Crippen MR) is 91.6 cm³/mol. The van der Waals surface area contributed by atoms with Crippen molar-refractivity contribution in [2.24, 2.45) is 0 Å². The van der Waals surface area contributed by atoms with E-state index in [9.17, 15) is 9.90 Å². The van der Waals surface area contributed by atoms with Gasteiger partial charge in [-0.3, -0.25) is 9.48 Å². The van der Waals surface area contributed by atoms with E-state index in [1.807, 2.05) is 53.0 Å². The molecule has 122 valence electrons. The second-order valence-corrected chi connectivity index (χ2v) is 7.14. The minimum Gasteiger partial charge on any atom is -0.388 e. The van der Waals surface area contributed by atoms with Crippen LogP contribution in [0.4, 0.5) is 0 Å². The normalized spacial score (nSPS) is 16.9. The Balaban J connectivity index is 1.55. The Bertz CT molecular complexity index is 634. The van der Waals surface area contributed by atoms with Gasteiger partial charge in [0.25, 0.3) is 5.91 Å². The zero-order valence-corrected chi connectivity index (χ0v) is 13.8. The fourth-order valence-corrected chi connectivity index (χ4v) is 3.87. The lowest BCUT2D eigenvalue weighted by molar-refractivity contribution is 0.0311. The molecule has 6 heteroatoms. The average molecular weight is 331 g/mol. The number of aromatic nitrogens is 2. The molecular formula is C17H21N3O2S. The van der Waals surface area contributed by atoms with E-state index in [1.54, 1.807) is 6.20 Å². The van der Waals surface area contributed by atoms with E-state index in [0.29, 0.717) is 18.7 Å². The van der Waals surface area contributed by atoms with Crippen LogP contribution in [0.15, 0.2) is 42.7 Å². The summed E-state index contributed by atoms with van der Waals surface area (Å²) in [5.41, 5.74) is 0.956. The van der Waals surface area contributed by atoms with Crippen LogP contribution in [-0.2, 0) is 6.54 Å². The molecule has 0 radical (unpaired) electrons. The van der Waals surface area contributed by atoms with Crippen molar-refractivity contribution in [2.75, 3.05) is 18.1 Å². The topological polar surface area (TPSA) is 67.2 Å². The van der Waals surface area contributed by atoms with Crippen LogP contribution >= 0.6 is 11.8 Å². The highest BCUT2D eigenvalue weighted by molar-refractivity contribution is 7.99. The first-order valence-electron chi connectivity index (χ1n) is 7.79. The Morgan fingerprint density at radius 2 is 2.04 bits per heavy atom. The first kappa shape index (κ1) is 16.1. The summed E-state index contributed by atoms with van der Waals surface area (Å²) in [5, 5.41) is 17.4. The number of hydrogen-bond acceptors (Lipinski definition) is 4. The summed E-state index contributed by atoms with van der Waals surface area (Å²) in [6.07, 6.45) is 5.13. The maximum atomic E-state index is 12.2. The van der Waals surface area contributed by atoms with Gasteiger partial charge in [0.2, 0.25) is 0 Å². The Kier molecular flexibility index (Phi) is 5.03. The first-order valence-corrected chi connectivity index (χ1v) is 8.95. The van der Waals surface area contributed by atoms with Crippen LogP contribution in [0.25, 0.3) is 0 Å². The molecule has 1 aromatic carbocycles. The fraction of sp³-hybridized carbons (Fsp3) is 0.412. The number of thioether (sulfide) groups is 1. The maximum absolute atomic E-state index is 12.2. The standard InChI is InChI=1S/C17H21N3O2S/c21-16(18-13-17(22)6-10-23-11-7-17)15-4-2-14(3-5-15)12-20-9-1-8-19-20/h1-5,8-9,22H,6-7,10-13H2,(H,18,21). The van der Waals surface area contributed by atoms with Gasteiger partial charge in [-0.15, -0.1) is 0 Å². The number of aliphatic hydroxyl groups is 1. The SMILES string of the molecule is O=C(NCC1(O)CCSCC1)c1ccc(Cn2cccn2)cc1. The monoisotopic (exact) mass is 331 g/mol. The number of nitrogens with zero attached hydrogens (tertiary/aromatic N) is 2. The lowest BCUT2D eigenvalue weighted by atomic mass is 9.97. The van der Waals surface area contributed by atoms with Crippen LogP contribution in [0, 0.1) is 0 Å². The molecule has 3 rings (SSSR count). The first-order chi connectivity index (χ1) is 11.1. The molecule has 2 N–H and O–H groups in total. The minimum atomic E-state index is -0.749. The largest absolute Gasteiger partial charge is 0.388 e. The van der Waals surface area contributed by atoms with E-state index in [0.717, 1.165) is 29.9 Å². The molecule has 1 amide bonds. The van der Waals surface area contributed by atoms with E-state index < -0.39 is 5.60 Å². The lowest BCUT2D eigenvalue weighted by Gasteiger charge is -2.31. The maximum Gasteiger partial charge on any atom is 0.251 e. The molecule has 0 atom stereocenters. The Labute approximate surface area is 140 Å². The van der Waals surface area contributed by atoms with Crippen molar-refractivity contribution >= 4 is 17.7 Å². The summed E-state index contributed by atoms with van der Waals surface area (Å²) >= 11 is 1.85. The zero-order valence-electron chi connectivity index (χ0n) is 12.9. The van der Waals surface area contributed by atoms with Crippen LogP contribution < -0.4 is 5.32 Å². The van der Waals surface area contributed by atoms with Gasteiger partial charge >= 0.3 is 0 Å². The van der Waals surface area contributed by atoms with Crippen molar-refractivity contribution in [1.82, 2.24) is 15.1 Å². The summed E-state index contributed by atoms with van der Waals surface area (Å²) in [6, 6.07) is 9.38. The summed E-state index contributed by atoms with van der Waals surface area (Å²) in [6.45, 7) is 1.01. The molecule has 0 bridgehead atoms. The molecule has 0 spiro atoms. The van der Waals surface area contributed by atoms with E-state index in [2.05, 4.69) is 10.4 Å². The molecular weight excluding hydrogens is 310 g/mol. The van der Waals surface area contributed by atoms with Gasteiger partial charge in [0.15, 0.2) is 0 Å². The third-order valence-electron chi connectivity index (χ3n) is 4.12. The molecule has 2 aromatic rings. The summed E-state index contributed by atoms with van der Waals surface area (Å²) in [5.74, 6) is 1.77. The van der Waals surface area contributed by atoms with Gasteiger partial charge in [-0.25, -0.2) is 0 Å². The van der Waals surface area contributed by atoms with Crippen LogP contribution in [-0.4, -0.2) is 44.4 Å². The number of hydrogen-bond donors (Lipinski definition) is 2. The van der Waals surface area contributed by atoms with E-state index in [1.165, 1.54) is 0 Å². The fourth-order valence-electron chi connectivity index (χ4n) is 2.62. The number of benzene rings is 1. The van der Waals surface area contributed by atoms with Crippen molar-refractivity contribution in [3.63, 3.8) is 0 Å². The third kappa shape index (κ3) is 4.36. The predicted octanol–water partition coefficient (Wildman–Crippen LogP) is 1.92. The van der Waals surface area contributed by atoms with Gasteiger partial charge in [-0.2, -0.15) is 16.9 Å². The van der Waals surface area contributed by atoms with Crippen molar-refractivity contribution < 1.29 is 9.90 Å². The van der Waals surface area contributed by atoms with Crippen molar-refractivity contribution in [2.45, 2.75) is 25.0 Å². The van der Waals surface area contributed by atoms with Gasteiger partial charge in [0, 0.05) is 24.5 Å². The van der Waals surface area contributed by atoms with Crippen LogP contribution in [0.5, 0.6) is 0 Å². The van der Waals surface area contributed by atoms with E-state index >= 15 is 0 Å². The van der Waals surface area contributed by atoms with Crippen LogP contribution in [0.1, 0.15) is 28.8 Å². The molecule has 1 fully saturated rings. The minimum absolute atomic E-state index is 0.137. The van der Waals surface area contributed by atoms with Gasteiger partial charge in [0.1, 0.15) is 0 Å². The van der Waals surface area contributed by atoms with Crippen molar-refractivity contribution in [1.29, 1.82) is 0 Å². The number of carbonyl (C=O) groups is 1. The van der Waals surface area contributed by atoms with Crippen LogP contribution in [0.2, 0.25) is 0 Å². The molecule has 1 aromatic heterocycles. The molecule has 1 aliphatic heterocycles. The number of amides is 1. The second-order valence-electron chi connectivity index (χ2n) is 5.92. The summed E-state index contributed by atoms with van der Waals surface area (Å²) in [7, 11) is 0. The quantitative estimate of drug-likeness (QED) is 0.878. The van der Waals surface area contributed by atoms with Crippen LogP contribution in [0.3, 0.4) is 0 Å². The summed E-state index contributed by atoms with van der Waals surface area (Å²) in [4.78, 5) is 12.2. The lowest BCUT2D eigenvalue weighted by Crippen LogP contribution is -2.45. The molecule has 0 aliphatic carbocycles.